The van der Waals surface area contributed by atoms with Gasteiger partial charge < -0.3 is 15.2 Å². The topological polar surface area (TPSA) is 81.9 Å². The maximum atomic E-state index is 12.6. The van der Waals surface area contributed by atoms with Crippen LogP contribution in [0.3, 0.4) is 0 Å². The Balaban J connectivity index is 3.42. The molecule has 134 valence electrons. The van der Waals surface area contributed by atoms with Crippen molar-refractivity contribution in [1.82, 2.24) is 0 Å². The summed E-state index contributed by atoms with van der Waals surface area (Å²) in [6, 6.07) is 3.14. The minimum atomic E-state index is -0.912. The zero-order valence-electron chi connectivity index (χ0n) is 14.6. The number of ether oxygens (including phenoxy) is 2. The van der Waals surface area contributed by atoms with Gasteiger partial charge in [0.1, 0.15) is 11.2 Å². The van der Waals surface area contributed by atoms with E-state index in [-0.39, 0.29) is 16.4 Å². The molecule has 0 bridgehead atoms. The zero-order chi connectivity index (χ0) is 18.9. The van der Waals surface area contributed by atoms with Gasteiger partial charge in [0.15, 0.2) is 0 Å². The molecule has 0 aliphatic rings. The number of nitrogens with zero attached hydrogens (tertiary/aromatic N) is 1. The highest BCUT2D eigenvalue weighted by Crippen LogP contribution is 2.39. The summed E-state index contributed by atoms with van der Waals surface area (Å²) < 4.78 is 11.0. The van der Waals surface area contributed by atoms with E-state index in [4.69, 9.17) is 26.8 Å². The molecule has 0 saturated carbocycles. The molecule has 0 unspecified atom stereocenters. The van der Waals surface area contributed by atoms with Crippen LogP contribution in [0, 0.1) is 0 Å². The summed E-state index contributed by atoms with van der Waals surface area (Å²) >= 11 is 9.49. The van der Waals surface area contributed by atoms with Gasteiger partial charge in [0.2, 0.25) is 0 Å². The maximum absolute atomic E-state index is 12.6. The number of carbonyl (C=O) groups is 2. The number of imide groups is 1. The van der Waals surface area contributed by atoms with Gasteiger partial charge >= 0.3 is 12.2 Å². The van der Waals surface area contributed by atoms with Crippen molar-refractivity contribution < 1.29 is 19.1 Å². The first-order valence-electron chi connectivity index (χ1n) is 7.22. The first-order chi connectivity index (χ1) is 10.7. The van der Waals surface area contributed by atoms with Crippen LogP contribution >= 0.6 is 27.5 Å². The Kier molecular flexibility index (Phi) is 6.16. The molecule has 0 radical (unpaired) electrons. The molecule has 2 N–H and O–H groups in total. The van der Waals surface area contributed by atoms with Crippen LogP contribution in [0.2, 0.25) is 5.02 Å². The third-order valence-corrected chi connectivity index (χ3v) is 3.51. The average Bonchev–Trinajstić information content (AvgIpc) is 2.34. The molecular formula is C16H22BrClN2O4. The van der Waals surface area contributed by atoms with Gasteiger partial charge in [0, 0.05) is 4.47 Å². The van der Waals surface area contributed by atoms with Crippen molar-refractivity contribution >= 4 is 51.1 Å². The molecule has 0 heterocycles. The number of nitrogen functional groups attached to an aromatic ring is 1. The number of amides is 2. The molecule has 6 nitrogen and oxygen atoms in total. The maximum Gasteiger partial charge on any atom is 0.424 e. The largest absolute Gasteiger partial charge is 0.443 e. The van der Waals surface area contributed by atoms with E-state index >= 15 is 0 Å². The summed E-state index contributed by atoms with van der Waals surface area (Å²) in [4.78, 5) is 25.9. The third kappa shape index (κ3) is 5.56. The smallest absolute Gasteiger partial charge is 0.424 e. The number of carbonyl (C=O) groups excluding carboxylic acids is 2. The molecule has 8 heteroatoms. The van der Waals surface area contributed by atoms with Crippen LogP contribution in [0.4, 0.5) is 21.0 Å². The fourth-order valence-corrected chi connectivity index (χ4v) is 2.51. The van der Waals surface area contributed by atoms with Crippen molar-refractivity contribution in [3.05, 3.63) is 21.6 Å². The van der Waals surface area contributed by atoms with E-state index in [9.17, 15) is 9.59 Å². The molecule has 0 aromatic heterocycles. The second kappa shape index (κ2) is 7.19. The SMILES string of the molecule is CC(C)(C)OC(=O)N(C(=O)OC(C)(C)C)c1c(Br)ccc(N)c1Cl. The predicted molar refractivity (Wildman–Crippen MR) is 98.5 cm³/mol. The Morgan fingerprint density at radius 1 is 1.04 bits per heavy atom. The fourth-order valence-electron chi connectivity index (χ4n) is 1.63. The highest BCUT2D eigenvalue weighted by Gasteiger charge is 2.35. The molecule has 0 aliphatic heterocycles. The highest BCUT2D eigenvalue weighted by molar-refractivity contribution is 9.10. The number of hydrogen-bond acceptors (Lipinski definition) is 5. The molecule has 24 heavy (non-hydrogen) atoms. The van der Waals surface area contributed by atoms with Crippen molar-refractivity contribution in [2.75, 3.05) is 10.6 Å². The predicted octanol–water partition coefficient (Wildman–Crippen LogP) is 5.36. The Labute approximate surface area is 155 Å². The van der Waals surface area contributed by atoms with Crippen molar-refractivity contribution in [3.63, 3.8) is 0 Å². The lowest BCUT2D eigenvalue weighted by atomic mass is 10.2. The van der Waals surface area contributed by atoms with E-state index in [1.54, 1.807) is 53.7 Å². The second-order valence-corrected chi connectivity index (χ2v) is 8.33. The number of hydrogen-bond donors (Lipinski definition) is 1. The average molecular weight is 422 g/mol. The summed E-state index contributed by atoms with van der Waals surface area (Å²) in [5.41, 5.74) is 4.47. The van der Waals surface area contributed by atoms with Crippen LogP contribution in [-0.2, 0) is 9.47 Å². The van der Waals surface area contributed by atoms with Gasteiger partial charge in [0.25, 0.3) is 0 Å². The van der Waals surface area contributed by atoms with E-state index in [1.807, 2.05) is 0 Å². The Hall–Kier alpha value is -1.47. The van der Waals surface area contributed by atoms with Crippen molar-refractivity contribution in [3.8, 4) is 0 Å². The molecule has 2 amide bonds. The molecule has 0 spiro atoms. The van der Waals surface area contributed by atoms with Crippen LogP contribution in [0.15, 0.2) is 16.6 Å². The molecule has 1 aromatic carbocycles. The Morgan fingerprint density at radius 2 is 1.46 bits per heavy atom. The van der Waals surface area contributed by atoms with Gasteiger partial charge in [-0.25, -0.2) is 9.59 Å². The molecule has 0 fully saturated rings. The van der Waals surface area contributed by atoms with Crippen molar-refractivity contribution in [2.24, 2.45) is 0 Å². The molecular weight excluding hydrogens is 400 g/mol. The number of nitrogens with two attached hydrogens (primary N) is 1. The van der Waals surface area contributed by atoms with E-state index < -0.39 is 23.4 Å². The van der Waals surface area contributed by atoms with Crippen LogP contribution in [-0.4, -0.2) is 23.4 Å². The molecule has 1 aromatic rings. The van der Waals surface area contributed by atoms with Gasteiger partial charge in [0.05, 0.1) is 16.4 Å². The summed E-state index contributed by atoms with van der Waals surface area (Å²) in [5, 5.41) is 0.0427. The summed E-state index contributed by atoms with van der Waals surface area (Å²) in [5.74, 6) is 0. The molecule has 0 atom stereocenters. The number of halogens is 2. The standard InChI is InChI=1S/C16H22BrClN2O4/c1-15(2,3)23-13(21)20(14(22)24-16(4,5)6)12-9(17)7-8-10(19)11(12)18/h7-8H,19H2,1-6H3. The highest BCUT2D eigenvalue weighted by atomic mass is 79.9. The normalized spacial score (nSPS) is 11.8. The van der Waals surface area contributed by atoms with Crippen LogP contribution in [0.1, 0.15) is 41.5 Å². The van der Waals surface area contributed by atoms with Gasteiger partial charge in [-0.3, -0.25) is 0 Å². The third-order valence-electron chi connectivity index (χ3n) is 2.47. The first-order valence-corrected chi connectivity index (χ1v) is 8.39. The Morgan fingerprint density at radius 3 is 1.83 bits per heavy atom. The van der Waals surface area contributed by atoms with Gasteiger partial charge in [-0.05, 0) is 69.6 Å². The van der Waals surface area contributed by atoms with Crippen LogP contribution < -0.4 is 10.6 Å². The van der Waals surface area contributed by atoms with E-state index in [2.05, 4.69) is 15.9 Å². The quantitative estimate of drug-likeness (QED) is 0.617. The Bertz CT molecular complexity index is 623. The fraction of sp³-hybridized carbons (Fsp3) is 0.500. The zero-order valence-corrected chi connectivity index (χ0v) is 16.9. The van der Waals surface area contributed by atoms with Gasteiger partial charge in [-0.1, -0.05) is 11.6 Å². The van der Waals surface area contributed by atoms with Crippen molar-refractivity contribution in [1.29, 1.82) is 0 Å². The lowest BCUT2D eigenvalue weighted by molar-refractivity contribution is 0.0430. The lowest BCUT2D eigenvalue weighted by Gasteiger charge is -2.29. The minimum absolute atomic E-state index is 0.0427. The monoisotopic (exact) mass is 420 g/mol. The van der Waals surface area contributed by atoms with Crippen molar-refractivity contribution in [2.45, 2.75) is 52.7 Å². The lowest BCUT2D eigenvalue weighted by Crippen LogP contribution is -2.44. The van der Waals surface area contributed by atoms with E-state index in [0.717, 1.165) is 4.90 Å². The summed E-state index contributed by atoms with van der Waals surface area (Å²) in [6.07, 6.45) is -1.82. The second-order valence-electron chi connectivity index (χ2n) is 7.10. The van der Waals surface area contributed by atoms with E-state index in [1.165, 1.54) is 0 Å². The van der Waals surface area contributed by atoms with Crippen LogP contribution in [0.5, 0.6) is 0 Å². The first kappa shape index (κ1) is 20.6. The van der Waals surface area contributed by atoms with Gasteiger partial charge in [-0.15, -0.1) is 0 Å². The van der Waals surface area contributed by atoms with E-state index in [0.29, 0.717) is 4.47 Å². The number of benzene rings is 1. The molecule has 1 rings (SSSR count). The summed E-state index contributed by atoms with van der Waals surface area (Å²) in [7, 11) is 0. The minimum Gasteiger partial charge on any atom is -0.443 e. The number of rotatable bonds is 1. The molecule has 0 aliphatic carbocycles. The van der Waals surface area contributed by atoms with Gasteiger partial charge in [-0.2, -0.15) is 4.90 Å². The summed E-state index contributed by atoms with van der Waals surface area (Å²) in [6.45, 7) is 10.1. The van der Waals surface area contributed by atoms with Crippen LogP contribution in [0.25, 0.3) is 0 Å². The molecule has 0 saturated heterocycles. The number of anilines is 2.